The predicted molar refractivity (Wildman–Crippen MR) is 143 cm³/mol. The first-order chi connectivity index (χ1) is 16.9. The maximum atomic E-state index is 13.7. The van der Waals surface area contributed by atoms with Crippen molar-refractivity contribution in [2.24, 2.45) is 0 Å². The van der Waals surface area contributed by atoms with Gasteiger partial charge in [-0.25, -0.2) is 0 Å². The molecule has 0 saturated carbocycles. The lowest BCUT2D eigenvalue weighted by Crippen LogP contribution is -2.23. The molecule has 0 spiro atoms. The summed E-state index contributed by atoms with van der Waals surface area (Å²) in [6.45, 7) is 10.4. The van der Waals surface area contributed by atoms with Crippen molar-refractivity contribution < 1.29 is 4.39 Å². The Morgan fingerprint density at radius 1 is 1.14 bits per heavy atom. The standard InChI is InChI=1S/C27H25FN6S/c1-5-22-20(8-16(4)17-9-18(12-29-11-17)31-15(2)3)27(34-33-22)23-10-19-21(13-30-14-24(19)32-23)25-6-7-26(28)35-25/h5-15,31-33H,4H2,1-3H3/b20-8+,22-5+. The minimum atomic E-state index is -0.222. The summed E-state index contributed by atoms with van der Waals surface area (Å²) in [6, 6.07) is 7.64. The quantitative estimate of drug-likeness (QED) is 0.304. The lowest BCUT2D eigenvalue weighted by atomic mass is 10.1. The Kier molecular flexibility index (Phi) is 6.05. The number of allylic oxidation sites excluding steroid dienone is 1. The average Bonchev–Trinajstić information content (AvgIpc) is 3.56. The third kappa shape index (κ3) is 4.52. The minimum absolute atomic E-state index is 0.222. The predicted octanol–water partition coefficient (Wildman–Crippen LogP) is 5.33. The molecule has 5 rings (SSSR count). The van der Waals surface area contributed by atoms with Crippen LogP contribution in [0.3, 0.4) is 0 Å². The van der Waals surface area contributed by atoms with Gasteiger partial charge in [0.15, 0.2) is 5.13 Å². The molecule has 5 aromatic heterocycles. The second kappa shape index (κ2) is 9.31. The van der Waals surface area contributed by atoms with E-state index in [-0.39, 0.29) is 5.13 Å². The number of H-pyrrole nitrogens is 2. The van der Waals surface area contributed by atoms with E-state index in [1.54, 1.807) is 30.9 Å². The van der Waals surface area contributed by atoms with Crippen molar-refractivity contribution in [2.75, 3.05) is 5.32 Å². The topological polar surface area (TPSA) is 82.3 Å². The van der Waals surface area contributed by atoms with Crippen LogP contribution in [-0.2, 0) is 0 Å². The number of pyridine rings is 2. The maximum Gasteiger partial charge on any atom is 0.176 e. The zero-order valence-corrected chi connectivity index (χ0v) is 20.5. The summed E-state index contributed by atoms with van der Waals surface area (Å²) in [5.74, 6) is 0. The number of halogens is 1. The first kappa shape index (κ1) is 22.7. The molecule has 0 saturated heterocycles. The van der Waals surface area contributed by atoms with Crippen LogP contribution in [0.4, 0.5) is 10.1 Å². The van der Waals surface area contributed by atoms with Crippen molar-refractivity contribution in [3.8, 4) is 21.8 Å². The number of aromatic amines is 2. The Labute approximate surface area is 206 Å². The van der Waals surface area contributed by atoms with E-state index < -0.39 is 0 Å². The van der Waals surface area contributed by atoms with Crippen LogP contribution in [0, 0.1) is 5.13 Å². The number of rotatable bonds is 6. The molecule has 35 heavy (non-hydrogen) atoms. The van der Waals surface area contributed by atoms with Gasteiger partial charge in [0.05, 0.1) is 28.4 Å². The van der Waals surface area contributed by atoms with Crippen molar-refractivity contribution in [1.29, 1.82) is 0 Å². The Morgan fingerprint density at radius 3 is 2.71 bits per heavy atom. The van der Waals surface area contributed by atoms with Crippen LogP contribution in [0.1, 0.15) is 26.3 Å². The normalized spacial score (nSPS) is 12.7. The summed E-state index contributed by atoms with van der Waals surface area (Å²) in [5, 5.41) is 13.6. The molecule has 0 unspecified atom stereocenters. The van der Waals surface area contributed by atoms with E-state index in [1.807, 2.05) is 31.2 Å². The molecule has 8 heteroatoms. The Hall–Kier alpha value is -4.04. The van der Waals surface area contributed by atoms with Gasteiger partial charge in [-0.05, 0) is 56.7 Å². The van der Waals surface area contributed by atoms with E-state index in [4.69, 9.17) is 0 Å². The fourth-order valence-corrected chi connectivity index (χ4v) is 4.81. The van der Waals surface area contributed by atoms with Gasteiger partial charge in [0.25, 0.3) is 0 Å². The third-order valence-corrected chi connectivity index (χ3v) is 6.55. The molecule has 5 heterocycles. The van der Waals surface area contributed by atoms with Gasteiger partial charge >= 0.3 is 0 Å². The summed E-state index contributed by atoms with van der Waals surface area (Å²) in [4.78, 5) is 13.0. The fourth-order valence-electron chi connectivity index (χ4n) is 4.06. The highest BCUT2D eigenvalue weighted by atomic mass is 32.1. The number of nitrogens with zero attached hydrogens (tertiary/aromatic N) is 3. The number of hydrogen-bond donors (Lipinski definition) is 3. The van der Waals surface area contributed by atoms with E-state index in [0.717, 1.165) is 71.5 Å². The molecule has 176 valence electrons. The van der Waals surface area contributed by atoms with Gasteiger partial charge in [0, 0.05) is 51.2 Å². The number of fused-ring (bicyclic) bond motifs is 1. The van der Waals surface area contributed by atoms with Crippen LogP contribution in [0.15, 0.2) is 55.6 Å². The molecule has 0 radical (unpaired) electrons. The molecular formula is C27H25FN6S. The monoisotopic (exact) mass is 484 g/mol. The zero-order chi connectivity index (χ0) is 24.5. The highest BCUT2D eigenvalue weighted by Gasteiger charge is 2.14. The summed E-state index contributed by atoms with van der Waals surface area (Å²) >= 11 is 1.11. The summed E-state index contributed by atoms with van der Waals surface area (Å²) in [5.41, 5.74) is 6.04. The van der Waals surface area contributed by atoms with Gasteiger partial charge in [0.1, 0.15) is 5.69 Å². The second-order valence-electron chi connectivity index (χ2n) is 8.55. The number of aromatic nitrogens is 5. The largest absolute Gasteiger partial charge is 0.382 e. The molecule has 0 aliphatic rings. The summed E-state index contributed by atoms with van der Waals surface area (Å²) < 4.78 is 13.7. The van der Waals surface area contributed by atoms with Crippen LogP contribution in [0.2, 0.25) is 0 Å². The number of hydrogen-bond acceptors (Lipinski definition) is 5. The van der Waals surface area contributed by atoms with Gasteiger partial charge in [0.2, 0.25) is 0 Å². The van der Waals surface area contributed by atoms with Crippen LogP contribution >= 0.6 is 11.3 Å². The van der Waals surface area contributed by atoms with Gasteiger partial charge < -0.3 is 10.3 Å². The number of anilines is 1. The van der Waals surface area contributed by atoms with Crippen molar-refractivity contribution in [3.05, 3.63) is 76.9 Å². The lowest BCUT2D eigenvalue weighted by molar-refractivity contribution is 0.657. The molecule has 0 bridgehead atoms. The van der Waals surface area contributed by atoms with Crippen LogP contribution < -0.4 is 15.9 Å². The molecule has 0 aliphatic carbocycles. The molecule has 0 amide bonds. The van der Waals surface area contributed by atoms with Crippen LogP contribution in [0.5, 0.6) is 0 Å². The van der Waals surface area contributed by atoms with E-state index in [9.17, 15) is 4.39 Å². The van der Waals surface area contributed by atoms with Crippen LogP contribution in [-0.4, -0.2) is 31.2 Å². The van der Waals surface area contributed by atoms with Crippen LogP contribution in [0.25, 0.3) is 50.5 Å². The van der Waals surface area contributed by atoms with E-state index in [0.29, 0.717) is 6.04 Å². The number of nitrogens with one attached hydrogen (secondary N) is 3. The Balaban J connectivity index is 1.60. The SMILES string of the molecule is C=C(/C=c1/c(-c2cc3c(-c4ccc(F)s4)cncc3[nH]2)n[nH]/c1=C/C)c1cncc(NC(C)C)c1. The smallest absolute Gasteiger partial charge is 0.176 e. The maximum absolute atomic E-state index is 13.7. The van der Waals surface area contributed by atoms with Gasteiger partial charge in [-0.15, -0.1) is 11.3 Å². The third-order valence-electron chi connectivity index (χ3n) is 5.64. The Bertz CT molecular complexity index is 1660. The first-order valence-corrected chi connectivity index (χ1v) is 12.1. The Morgan fingerprint density at radius 2 is 1.97 bits per heavy atom. The molecule has 0 atom stereocenters. The summed E-state index contributed by atoms with van der Waals surface area (Å²) in [6.07, 6.45) is 11.1. The molecule has 3 N–H and O–H groups in total. The van der Waals surface area contributed by atoms with Gasteiger partial charge in [-0.1, -0.05) is 12.7 Å². The van der Waals surface area contributed by atoms with Crippen molar-refractivity contribution in [2.45, 2.75) is 26.8 Å². The summed E-state index contributed by atoms with van der Waals surface area (Å²) in [7, 11) is 0. The first-order valence-electron chi connectivity index (χ1n) is 11.3. The highest BCUT2D eigenvalue weighted by Crippen LogP contribution is 2.34. The van der Waals surface area contributed by atoms with Crippen molar-refractivity contribution in [1.82, 2.24) is 25.1 Å². The van der Waals surface area contributed by atoms with Gasteiger partial charge in [-0.2, -0.15) is 9.49 Å². The average molecular weight is 485 g/mol. The minimum Gasteiger partial charge on any atom is -0.382 e. The molecule has 5 aromatic rings. The van der Waals surface area contributed by atoms with Crippen molar-refractivity contribution in [3.63, 3.8) is 0 Å². The molecule has 0 aromatic carbocycles. The fraction of sp³-hybridized carbons (Fsp3) is 0.148. The molecule has 6 nitrogen and oxygen atoms in total. The van der Waals surface area contributed by atoms with Crippen molar-refractivity contribution >= 4 is 45.7 Å². The van der Waals surface area contributed by atoms with Gasteiger partial charge in [-0.3, -0.25) is 15.1 Å². The molecule has 0 aliphatic heterocycles. The number of thiophene rings is 1. The van der Waals surface area contributed by atoms with E-state index in [1.165, 1.54) is 6.07 Å². The zero-order valence-electron chi connectivity index (χ0n) is 19.7. The van der Waals surface area contributed by atoms with E-state index in [2.05, 4.69) is 50.9 Å². The second-order valence-corrected chi connectivity index (χ2v) is 9.59. The molecule has 0 fully saturated rings. The lowest BCUT2D eigenvalue weighted by Gasteiger charge is -2.10. The highest BCUT2D eigenvalue weighted by molar-refractivity contribution is 7.14. The molecular weight excluding hydrogens is 459 g/mol. The van der Waals surface area contributed by atoms with E-state index >= 15 is 0 Å².